The van der Waals surface area contributed by atoms with Gasteiger partial charge in [0.05, 0.1) is 11.8 Å². The highest BCUT2D eigenvalue weighted by molar-refractivity contribution is 5.40. The Bertz CT molecular complexity index is 266. The predicted molar refractivity (Wildman–Crippen MR) is 45.0 cm³/mol. The molecule has 4 nitrogen and oxygen atoms in total. The van der Waals surface area contributed by atoms with Crippen molar-refractivity contribution < 1.29 is 5.11 Å². The molecule has 0 aromatic carbocycles. The molecule has 2 rings (SSSR count). The van der Waals surface area contributed by atoms with Gasteiger partial charge in [0.15, 0.2) is 5.82 Å². The van der Waals surface area contributed by atoms with E-state index in [9.17, 15) is 0 Å². The lowest BCUT2D eigenvalue weighted by Crippen LogP contribution is -2.51. The van der Waals surface area contributed by atoms with Gasteiger partial charge in [-0.3, -0.25) is 0 Å². The largest absolute Gasteiger partial charge is 0.389 e. The standard InChI is InChI=1S/C8H11N3O/c1-6-2-3-8(10-9-6)11-4-7(12)5-11/h2-3,7,12H,4-5H2,1H3. The maximum atomic E-state index is 9.04. The zero-order valence-corrected chi connectivity index (χ0v) is 6.94. The van der Waals surface area contributed by atoms with E-state index in [4.69, 9.17) is 5.11 Å². The molecule has 2 heterocycles. The van der Waals surface area contributed by atoms with Gasteiger partial charge in [-0.05, 0) is 19.1 Å². The third-order valence-corrected chi connectivity index (χ3v) is 1.97. The quantitative estimate of drug-likeness (QED) is 0.634. The highest BCUT2D eigenvalue weighted by atomic mass is 16.3. The van der Waals surface area contributed by atoms with E-state index in [1.165, 1.54) is 0 Å². The van der Waals surface area contributed by atoms with Gasteiger partial charge in [-0.15, -0.1) is 5.10 Å². The second-order valence-corrected chi connectivity index (χ2v) is 3.09. The van der Waals surface area contributed by atoms with Gasteiger partial charge < -0.3 is 10.0 Å². The van der Waals surface area contributed by atoms with Gasteiger partial charge in [-0.25, -0.2) is 0 Å². The van der Waals surface area contributed by atoms with Crippen molar-refractivity contribution in [3.8, 4) is 0 Å². The van der Waals surface area contributed by atoms with E-state index >= 15 is 0 Å². The number of aromatic nitrogens is 2. The molecule has 0 unspecified atom stereocenters. The van der Waals surface area contributed by atoms with Crippen LogP contribution in [0.25, 0.3) is 0 Å². The predicted octanol–water partition coefficient (Wildman–Crippen LogP) is -0.0341. The van der Waals surface area contributed by atoms with E-state index in [2.05, 4.69) is 10.2 Å². The minimum absolute atomic E-state index is 0.187. The summed E-state index contributed by atoms with van der Waals surface area (Å²) in [6.07, 6.45) is -0.187. The van der Waals surface area contributed by atoms with Crippen molar-refractivity contribution in [3.63, 3.8) is 0 Å². The Kier molecular flexibility index (Phi) is 1.69. The number of aryl methyl sites for hydroxylation is 1. The van der Waals surface area contributed by atoms with Gasteiger partial charge in [-0.2, -0.15) is 5.10 Å². The highest BCUT2D eigenvalue weighted by Crippen LogP contribution is 2.16. The Morgan fingerprint density at radius 3 is 2.67 bits per heavy atom. The molecule has 4 heteroatoms. The van der Waals surface area contributed by atoms with Gasteiger partial charge in [0.25, 0.3) is 0 Å². The molecule has 0 atom stereocenters. The lowest BCUT2D eigenvalue weighted by atomic mass is 10.2. The van der Waals surface area contributed by atoms with E-state index in [-0.39, 0.29) is 6.10 Å². The Morgan fingerprint density at radius 2 is 2.17 bits per heavy atom. The first-order valence-electron chi connectivity index (χ1n) is 3.99. The molecular formula is C8H11N3O. The minimum Gasteiger partial charge on any atom is -0.389 e. The summed E-state index contributed by atoms with van der Waals surface area (Å²) in [5.41, 5.74) is 0.917. The van der Waals surface area contributed by atoms with Crippen LogP contribution >= 0.6 is 0 Å². The molecule has 1 aliphatic heterocycles. The van der Waals surface area contributed by atoms with Gasteiger partial charge >= 0.3 is 0 Å². The van der Waals surface area contributed by atoms with E-state index in [0.29, 0.717) is 13.1 Å². The van der Waals surface area contributed by atoms with Crippen LogP contribution < -0.4 is 4.90 Å². The second-order valence-electron chi connectivity index (χ2n) is 3.09. The number of aliphatic hydroxyl groups is 1. The highest BCUT2D eigenvalue weighted by Gasteiger charge is 2.25. The zero-order chi connectivity index (χ0) is 8.55. The molecule has 1 N–H and O–H groups in total. The first-order valence-corrected chi connectivity index (χ1v) is 3.99. The summed E-state index contributed by atoms with van der Waals surface area (Å²) >= 11 is 0. The number of anilines is 1. The maximum Gasteiger partial charge on any atom is 0.151 e. The molecule has 64 valence electrons. The summed E-state index contributed by atoms with van der Waals surface area (Å²) in [4.78, 5) is 2.00. The summed E-state index contributed by atoms with van der Waals surface area (Å²) in [6.45, 7) is 3.26. The lowest BCUT2D eigenvalue weighted by molar-refractivity contribution is 0.141. The third kappa shape index (κ3) is 1.25. The first-order chi connectivity index (χ1) is 5.75. The zero-order valence-electron chi connectivity index (χ0n) is 6.94. The Hall–Kier alpha value is -1.16. The fourth-order valence-electron chi connectivity index (χ4n) is 1.20. The minimum atomic E-state index is -0.187. The number of hydrogen-bond acceptors (Lipinski definition) is 4. The van der Waals surface area contributed by atoms with Crippen molar-refractivity contribution >= 4 is 5.82 Å². The number of nitrogens with zero attached hydrogens (tertiary/aromatic N) is 3. The molecule has 0 radical (unpaired) electrons. The monoisotopic (exact) mass is 165 g/mol. The van der Waals surface area contributed by atoms with Crippen LogP contribution in [0.2, 0.25) is 0 Å². The molecule has 0 aliphatic carbocycles. The average molecular weight is 165 g/mol. The number of rotatable bonds is 1. The van der Waals surface area contributed by atoms with E-state index < -0.39 is 0 Å². The Balaban J connectivity index is 2.09. The third-order valence-electron chi connectivity index (χ3n) is 1.97. The first kappa shape index (κ1) is 7.49. The molecule has 1 saturated heterocycles. The van der Waals surface area contributed by atoms with E-state index in [1.54, 1.807) is 0 Å². The maximum absolute atomic E-state index is 9.04. The summed E-state index contributed by atoms with van der Waals surface area (Å²) < 4.78 is 0. The molecule has 0 amide bonds. The van der Waals surface area contributed by atoms with Crippen molar-refractivity contribution in [1.82, 2.24) is 10.2 Å². The van der Waals surface area contributed by atoms with Crippen LogP contribution in [0.3, 0.4) is 0 Å². The smallest absolute Gasteiger partial charge is 0.151 e. The van der Waals surface area contributed by atoms with Gasteiger partial charge in [0.2, 0.25) is 0 Å². The normalized spacial score (nSPS) is 17.7. The Labute approximate surface area is 70.8 Å². The van der Waals surface area contributed by atoms with Crippen LogP contribution in [0.1, 0.15) is 5.69 Å². The van der Waals surface area contributed by atoms with Gasteiger partial charge in [-0.1, -0.05) is 0 Å². The molecule has 1 fully saturated rings. The van der Waals surface area contributed by atoms with Crippen molar-refractivity contribution in [1.29, 1.82) is 0 Å². The summed E-state index contributed by atoms with van der Waals surface area (Å²) in [7, 11) is 0. The average Bonchev–Trinajstić information content (AvgIpc) is 2.01. The molecular weight excluding hydrogens is 154 g/mol. The van der Waals surface area contributed by atoms with E-state index in [0.717, 1.165) is 11.5 Å². The molecule has 0 saturated carbocycles. The SMILES string of the molecule is Cc1ccc(N2CC(O)C2)nn1. The fourth-order valence-corrected chi connectivity index (χ4v) is 1.20. The molecule has 0 spiro atoms. The second kappa shape index (κ2) is 2.71. The molecule has 1 aromatic rings. The van der Waals surface area contributed by atoms with Gasteiger partial charge in [0, 0.05) is 13.1 Å². The van der Waals surface area contributed by atoms with Crippen LogP contribution in [0.4, 0.5) is 5.82 Å². The van der Waals surface area contributed by atoms with Crippen molar-refractivity contribution in [3.05, 3.63) is 17.8 Å². The van der Waals surface area contributed by atoms with Crippen molar-refractivity contribution in [2.45, 2.75) is 13.0 Å². The molecule has 12 heavy (non-hydrogen) atoms. The van der Waals surface area contributed by atoms with Crippen LogP contribution in [0, 0.1) is 6.92 Å². The fraction of sp³-hybridized carbons (Fsp3) is 0.500. The van der Waals surface area contributed by atoms with Gasteiger partial charge in [0.1, 0.15) is 0 Å². The van der Waals surface area contributed by atoms with Crippen LogP contribution in [-0.4, -0.2) is 34.5 Å². The number of aliphatic hydroxyl groups excluding tert-OH is 1. The number of hydrogen-bond donors (Lipinski definition) is 1. The van der Waals surface area contributed by atoms with Crippen molar-refractivity contribution in [2.24, 2.45) is 0 Å². The van der Waals surface area contributed by atoms with E-state index in [1.807, 2.05) is 24.0 Å². The molecule has 1 aliphatic rings. The summed E-state index contributed by atoms with van der Waals surface area (Å²) in [5.74, 6) is 0.853. The Morgan fingerprint density at radius 1 is 1.42 bits per heavy atom. The number of β-amino-alcohol motifs (C(OH)–C–C–N with tert-alkyl or cyclic N) is 1. The van der Waals surface area contributed by atoms with Crippen LogP contribution in [-0.2, 0) is 0 Å². The topological polar surface area (TPSA) is 49.2 Å². The van der Waals surface area contributed by atoms with Crippen molar-refractivity contribution in [2.75, 3.05) is 18.0 Å². The lowest BCUT2D eigenvalue weighted by Gasteiger charge is -2.36. The summed E-state index contributed by atoms with van der Waals surface area (Å²) in [5, 5.41) is 17.0. The molecule has 1 aromatic heterocycles. The van der Waals surface area contributed by atoms with Crippen LogP contribution in [0.5, 0.6) is 0 Å². The molecule has 0 bridgehead atoms. The van der Waals surface area contributed by atoms with Crippen LogP contribution in [0.15, 0.2) is 12.1 Å². The summed E-state index contributed by atoms with van der Waals surface area (Å²) in [6, 6.07) is 3.85.